The van der Waals surface area contributed by atoms with Crippen molar-refractivity contribution in [1.29, 1.82) is 0 Å². The molecule has 7 nitrogen and oxygen atoms in total. The Balaban J connectivity index is 1.85. The molecule has 0 aliphatic carbocycles. The first kappa shape index (κ1) is 12.2. The Labute approximate surface area is 103 Å². The number of rotatable bonds is 5. The molecule has 1 amide bonds. The van der Waals surface area contributed by atoms with Gasteiger partial charge in [-0.25, -0.2) is 4.68 Å². The first-order valence-electron chi connectivity index (χ1n) is 5.44. The number of nitrogens with zero attached hydrogens (tertiary/aromatic N) is 4. The number of nitrogens with one attached hydrogen (secondary N) is 1. The maximum atomic E-state index is 11.6. The van der Waals surface area contributed by atoms with Crippen LogP contribution in [0.2, 0.25) is 0 Å². The largest absolute Gasteiger partial charge is 0.392 e. The van der Waals surface area contributed by atoms with Gasteiger partial charge in [-0.05, 0) is 21.6 Å². The van der Waals surface area contributed by atoms with Crippen LogP contribution in [0.3, 0.4) is 0 Å². The molecule has 1 aromatic carbocycles. The molecule has 2 N–H and O–H groups in total. The fourth-order valence-corrected chi connectivity index (χ4v) is 1.49. The van der Waals surface area contributed by atoms with Crippen molar-refractivity contribution in [2.24, 2.45) is 0 Å². The highest BCUT2D eigenvalue weighted by Gasteiger charge is 2.03. The number of carbonyl (C=O) groups is 1. The van der Waals surface area contributed by atoms with Gasteiger partial charge < -0.3 is 10.4 Å². The summed E-state index contributed by atoms with van der Waals surface area (Å²) in [4.78, 5) is 11.6. The zero-order valence-corrected chi connectivity index (χ0v) is 9.65. The van der Waals surface area contributed by atoms with Crippen LogP contribution in [-0.4, -0.2) is 31.2 Å². The third-order valence-electron chi connectivity index (χ3n) is 2.36. The van der Waals surface area contributed by atoms with Gasteiger partial charge in [-0.2, -0.15) is 0 Å². The molecule has 0 saturated carbocycles. The van der Waals surface area contributed by atoms with Gasteiger partial charge in [0.05, 0.1) is 6.61 Å². The van der Waals surface area contributed by atoms with Crippen LogP contribution in [0.15, 0.2) is 30.6 Å². The number of hydrogen-bond acceptors (Lipinski definition) is 5. The third kappa shape index (κ3) is 3.36. The Morgan fingerprint density at radius 2 is 2.22 bits per heavy atom. The lowest BCUT2D eigenvalue weighted by atomic mass is 10.1. The number of tetrazole rings is 1. The monoisotopic (exact) mass is 247 g/mol. The fraction of sp³-hybridized carbons (Fsp3) is 0.273. The summed E-state index contributed by atoms with van der Waals surface area (Å²) in [6.07, 6.45) is 1.38. The van der Waals surface area contributed by atoms with Gasteiger partial charge in [0.25, 0.3) is 0 Å². The van der Waals surface area contributed by atoms with Crippen LogP contribution in [-0.2, 0) is 24.5 Å². The number of aliphatic hydroxyl groups excluding tert-OH is 1. The van der Waals surface area contributed by atoms with E-state index in [2.05, 4.69) is 20.8 Å². The lowest BCUT2D eigenvalue weighted by molar-refractivity contribution is -0.122. The predicted molar refractivity (Wildman–Crippen MR) is 62.0 cm³/mol. The van der Waals surface area contributed by atoms with Crippen molar-refractivity contribution in [3.8, 4) is 0 Å². The average Bonchev–Trinajstić information content (AvgIpc) is 2.89. The second kappa shape index (κ2) is 5.87. The number of hydrogen-bond donors (Lipinski definition) is 2. The van der Waals surface area contributed by atoms with E-state index in [-0.39, 0.29) is 19.1 Å². The van der Waals surface area contributed by atoms with Crippen molar-refractivity contribution in [2.75, 3.05) is 0 Å². The molecule has 0 atom stereocenters. The van der Waals surface area contributed by atoms with E-state index >= 15 is 0 Å². The molecule has 7 heteroatoms. The molecule has 1 heterocycles. The van der Waals surface area contributed by atoms with E-state index in [1.165, 1.54) is 11.0 Å². The van der Waals surface area contributed by atoms with E-state index in [1.807, 2.05) is 24.3 Å². The highest BCUT2D eigenvalue weighted by molar-refractivity contribution is 5.75. The maximum absolute atomic E-state index is 11.6. The summed E-state index contributed by atoms with van der Waals surface area (Å²) in [6, 6.07) is 7.40. The lowest BCUT2D eigenvalue weighted by Gasteiger charge is -2.06. The minimum atomic E-state index is -0.170. The van der Waals surface area contributed by atoms with E-state index in [9.17, 15) is 4.79 Å². The summed E-state index contributed by atoms with van der Waals surface area (Å²) in [5, 5.41) is 22.2. The van der Waals surface area contributed by atoms with Crippen LogP contribution >= 0.6 is 0 Å². The van der Waals surface area contributed by atoms with Crippen LogP contribution in [0.4, 0.5) is 0 Å². The molecule has 0 bridgehead atoms. The van der Waals surface area contributed by atoms with Gasteiger partial charge in [0, 0.05) is 6.54 Å². The van der Waals surface area contributed by atoms with Gasteiger partial charge in [-0.15, -0.1) is 5.10 Å². The van der Waals surface area contributed by atoms with Gasteiger partial charge >= 0.3 is 0 Å². The van der Waals surface area contributed by atoms with Gasteiger partial charge in [-0.1, -0.05) is 24.3 Å². The normalized spacial score (nSPS) is 10.3. The number of benzene rings is 1. The summed E-state index contributed by atoms with van der Waals surface area (Å²) in [5.74, 6) is -0.170. The minimum Gasteiger partial charge on any atom is -0.392 e. The molecule has 0 aliphatic heterocycles. The van der Waals surface area contributed by atoms with Crippen molar-refractivity contribution in [1.82, 2.24) is 25.5 Å². The molecule has 2 aromatic rings. The molecule has 0 unspecified atom stereocenters. The third-order valence-corrected chi connectivity index (χ3v) is 2.36. The van der Waals surface area contributed by atoms with E-state index in [4.69, 9.17) is 5.11 Å². The van der Waals surface area contributed by atoms with Gasteiger partial charge in [-0.3, -0.25) is 4.79 Å². The first-order chi connectivity index (χ1) is 8.78. The van der Waals surface area contributed by atoms with Gasteiger partial charge in [0.2, 0.25) is 5.91 Å². The number of amides is 1. The minimum absolute atomic E-state index is 0.00753. The van der Waals surface area contributed by atoms with Crippen molar-refractivity contribution in [3.63, 3.8) is 0 Å². The Morgan fingerprint density at radius 1 is 1.39 bits per heavy atom. The molecule has 2 rings (SSSR count). The van der Waals surface area contributed by atoms with Crippen LogP contribution in [0.5, 0.6) is 0 Å². The summed E-state index contributed by atoms with van der Waals surface area (Å²) in [5.41, 5.74) is 1.76. The molecular formula is C11H13N5O2. The van der Waals surface area contributed by atoms with E-state index in [0.29, 0.717) is 6.54 Å². The highest BCUT2D eigenvalue weighted by Crippen LogP contribution is 2.04. The Morgan fingerprint density at radius 3 is 2.94 bits per heavy atom. The highest BCUT2D eigenvalue weighted by atomic mass is 16.3. The summed E-state index contributed by atoms with van der Waals surface area (Å²) >= 11 is 0. The number of aromatic nitrogens is 4. The molecule has 0 saturated heterocycles. The number of aliphatic hydroxyl groups is 1. The second-order valence-electron chi connectivity index (χ2n) is 3.76. The van der Waals surface area contributed by atoms with E-state index in [0.717, 1.165) is 11.1 Å². The van der Waals surface area contributed by atoms with Crippen molar-refractivity contribution in [2.45, 2.75) is 19.7 Å². The smallest absolute Gasteiger partial charge is 0.242 e. The Bertz CT molecular complexity index is 512. The standard InChI is InChI=1S/C11H13N5O2/c17-7-10-3-1-2-9(4-10)5-12-11(18)6-16-8-13-14-15-16/h1-4,8,17H,5-7H2,(H,12,18). The van der Waals surface area contributed by atoms with Crippen molar-refractivity contribution < 1.29 is 9.90 Å². The first-order valence-corrected chi connectivity index (χ1v) is 5.44. The van der Waals surface area contributed by atoms with Crippen molar-refractivity contribution in [3.05, 3.63) is 41.7 Å². The molecule has 1 aromatic heterocycles. The zero-order chi connectivity index (χ0) is 12.8. The zero-order valence-electron chi connectivity index (χ0n) is 9.65. The molecule has 0 aliphatic rings. The second-order valence-corrected chi connectivity index (χ2v) is 3.76. The maximum Gasteiger partial charge on any atom is 0.242 e. The summed E-state index contributed by atoms with van der Waals surface area (Å²) in [6.45, 7) is 0.494. The number of carbonyl (C=O) groups excluding carboxylic acids is 1. The molecule has 0 spiro atoms. The van der Waals surface area contributed by atoms with Crippen LogP contribution in [0, 0.1) is 0 Å². The summed E-state index contributed by atoms with van der Waals surface area (Å²) in [7, 11) is 0. The quantitative estimate of drug-likeness (QED) is 0.741. The van der Waals surface area contributed by atoms with Gasteiger partial charge in [0.1, 0.15) is 12.9 Å². The topological polar surface area (TPSA) is 92.9 Å². The molecule has 18 heavy (non-hydrogen) atoms. The van der Waals surface area contributed by atoms with E-state index in [1.54, 1.807) is 0 Å². The van der Waals surface area contributed by atoms with E-state index < -0.39 is 0 Å². The predicted octanol–water partition coefficient (Wildman–Crippen LogP) is -0.518. The van der Waals surface area contributed by atoms with Crippen molar-refractivity contribution >= 4 is 5.91 Å². The lowest BCUT2D eigenvalue weighted by Crippen LogP contribution is -2.27. The molecule has 0 fully saturated rings. The fourth-order valence-electron chi connectivity index (χ4n) is 1.49. The van der Waals surface area contributed by atoms with Crippen LogP contribution in [0.1, 0.15) is 11.1 Å². The SMILES string of the molecule is O=C(Cn1cnnn1)NCc1cccc(CO)c1. The Hall–Kier alpha value is -2.28. The van der Waals surface area contributed by atoms with Gasteiger partial charge in [0.15, 0.2) is 0 Å². The molecule has 94 valence electrons. The average molecular weight is 247 g/mol. The molecular weight excluding hydrogens is 234 g/mol. The Kier molecular flexibility index (Phi) is 3.98. The molecule has 0 radical (unpaired) electrons. The van der Waals surface area contributed by atoms with Crippen LogP contribution in [0.25, 0.3) is 0 Å². The van der Waals surface area contributed by atoms with Crippen LogP contribution < -0.4 is 5.32 Å². The summed E-state index contributed by atoms with van der Waals surface area (Å²) < 4.78 is 1.35.